The van der Waals surface area contributed by atoms with Crippen molar-refractivity contribution in [3.8, 4) is 0 Å². The Morgan fingerprint density at radius 3 is 2.50 bits per heavy atom. The van der Waals surface area contributed by atoms with Crippen LogP contribution in [-0.2, 0) is 0 Å². The van der Waals surface area contributed by atoms with E-state index < -0.39 is 0 Å². The number of fused-ring (bicyclic) bond motifs is 1. The molecule has 0 saturated heterocycles. The van der Waals surface area contributed by atoms with Crippen molar-refractivity contribution in [1.29, 1.82) is 0 Å². The molecule has 18 heavy (non-hydrogen) atoms. The number of likely N-dealkylation sites (N-methyl/N-ethyl adjacent to an activating group) is 1. The summed E-state index contributed by atoms with van der Waals surface area (Å²) >= 11 is 0. The Hall–Kier alpha value is -1.22. The van der Waals surface area contributed by atoms with E-state index in [0.717, 1.165) is 19.6 Å². The minimum Gasteiger partial charge on any atom is -0.371 e. The van der Waals surface area contributed by atoms with Crippen molar-refractivity contribution >= 4 is 11.4 Å². The van der Waals surface area contributed by atoms with Gasteiger partial charge in [0, 0.05) is 26.2 Å². The van der Waals surface area contributed by atoms with Crippen molar-refractivity contribution in [1.82, 2.24) is 5.32 Å². The molecule has 2 unspecified atom stereocenters. The lowest BCUT2D eigenvalue weighted by Gasteiger charge is -2.42. The van der Waals surface area contributed by atoms with Crippen LogP contribution in [0.2, 0.25) is 0 Å². The van der Waals surface area contributed by atoms with Crippen LogP contribution in [0, 0.1) is 5.92 Å². The predicted octanol–water partition coefficient (Wildman–Crippen LogP) is 2.19. The molecule has 3 heteroatoms. The summed E-state index contributed by atoms with van der Waals surface area (Å²) in [6.07, 6.45) is 0. The fourth-order valence-electron chi connectivity index (χ4n) is 2.75. The van der Waals surface area contributed by atoms with Gasteiger partial charge in [0.25, 0.3) is 0 Å². The Balaban J connectivity index is 2.23. The Morgan fingerprint density at radius 1 is 1.17 bits per heavy atom. The van der Waals surface area contributed by atoms with Crippen LogP contribution in [0.4, 0.5) is 11.4 Å². The highest BCUT2D eigenvalue weighted by molar-refractivity contribution is 5.73. The zero-order chi connectivity index (χ0) is 13.1. The van der Waals surface area contributed by atoms with E-state index in [2.05, 4.69) is 60.3 Å². The first-order valence-electron chi connectivity index (χ1n) is 6.86. The van der Waals surface area contributed by atoms with Crippen LogP contribution in [0.15, 0.2) is 24.3 Å². The smallest absolute Gasteiger partial charge is 0.0607 e. The number of anilines is 2. The molecule has 0 aliphatic carbocycles. The third kappa shape index (κ3) is 2.46. The van der Waals surface area contributed by atoms with E-state index in [0.29, 0.717) is 12.0 Å². The monoisotopic (exact) mass is 247 g/mol. The molecule has 0 aromatic heterocycles. The minimum atomic E-state index is 0.562. The molecule has 0 spiro atoms. The Labute approximate surface area is 111 Å². The second-order valence-electron chi connectivity index (χ2n) is 5.38. The average Bonchev–Trinajstić information content (AvgIpc) is 2.39. The van der Waals surface area contributed by atoms with Crippen molar-refractivity contribution in [3.63, 3.8) is 0 Å². The molecule has 0 radical (unpaired) electrons. The Kier molecular flexibility index (Phi) is 4.12. The van der Waals surface area contributed by atoms with Gasteiger partial charge in [0.1, 0.15) is 0 Å². The van der Waals surface area contributed by atoms with Gasteiger partial charge in [-0.2, -0.15) is 0 Å². The predicted molar refractivity (Wildman–Crippen MR) is 79.6 cm³/mol. The standard InChI is InChI=1S/C15H25N3/c1-12(11-16-3)13(2)18-10-9-17(4)14-7-5-6-8-15(14)18/h5-8,12-13,16H,9-11H2,1-4H3. The highest BCUT2D eigenvalue weighted by Gasteiger charge is 2.26. The fraction of sp³-hybridized carbons (Fsp3) is 0.600. The van der Waals surface area contributed by atoms with E-state index in [1.165, 1.54) is 11.4 Å². The number of nitrogens with one attached hydrogen (secondary N) is 1. The van der Waals surface area contributed by atoms with Gasteiger partial charge in [0.05, 0.1) is 11.4 Å². The van der Waals surface area contributed by atoms with Crippen molar-refractivity contribution in [2.75, 3.05) is 43.5 Å². The van der Waals surface area contributed by atoms with Crippen LogP contribution >= 0.6 is 0 Å². The topological polar surface area (TPSA) is 18.5 Å². The maximum absolute atomic E-state index is 3.28. The van der Waals surface area contributed by atoms with Crippen LogP contribution < -0.4 is 15.1 Å². The van der Waals surface area contributed by atoms with Crippen LogP contribution in [0.1, 0.15) is 13.8 Å². The van der Waals surface area contributed by atoms with E-state index in [1.807, 2.05) is 7.05 Å². The van der Waals surface area contributed by atoms with Gasteiger partial charge in [0.2, 0.25) is 0 Å². The molecule has 0 bridgehead atoms. The first kappa shape index (κ1) is 13.2. The number of para-hydroxylation sites is 2. The molecule has 1 aromatic carbocycles. The van der Waals surface area contributed by atoms with Gasteiger partial charge in [-0.3, -0.25) is 0 Å². The van der Waals surface area contributed by atoms with Gasteiger partial charge in [-0.1, -0.05) is 19.1 Å². The van der Waals surface area contributed by atoms with Crippen LogP contribution in [0.5, 0.6) is 0 Å². The molecular weight excluding hydrogens is 222 g/mol. The molecule has 2 atom stereocenters. The van der Waals surface area contributed by atoms with Gasteiger partial charge in [0.15, 0.2) is 0 Å². The number of nitrogens with zero attached hydrogens (tertiary/aromatic N) is 2. The average molecular weight is 247 g/mol. The summed E-state index contributed by atoms with van der Waals surface area (Å²) in [6, 6.07) is 9.29. The lowest BCUT2D eigenvalue weighted by molar-refractivity contribution is 0.431. The number of hydrogen-bond acceptors (Lipinski definition) is 3. The van der Waals surface area contributed by atoms with Crippen molar-refractivity contribution in [2.24, 2.45) is 5.92 Å². The van der Waals surface area contributed by atoms with Crippen LogP contribution in [-0.4, -0.2) is 39.8 Å². The van der Waals surface area contributed by atoms with E-state index >= 15 is 0 Å². The molecular formula is C15H25N3. The molecule has 0 saturated carbocycles. The van der Waals surface area contributed by atoms with E-state index in [-0.39, 0.29) is 0 Å². The van der Waals surface area contributed by atoms with Gasteiger partial charge in [-0.15, -0.1) is 0 Å². The molecule has 1 aliphatic rings. The minimum absolute atomic E-state index is 0.562. The maximum Gasteiger partial charge on any atom is 0.0607 e. The van der Waals surface area contributed by atoms with Gasteiger partial charge < -0.3 is 15.1 Å². The quantitative estimate of drug-likeness (QED) is 0.880. The molecule has 3 nitrogen and oxygen atoms in total. The summed E-state index contributed by atoms with van der Waals surface area (Å²) in [6.45, 7) is 7.94. The highest BCUT2D eigenvalue weighted by atomic mass is 15.3. The zero-order valence-corrected chi connectivity index (χ0v) is 12.0. The second-order valence-corrected chi connectivity index (χ2v) is 5.38. The summed E-state index contributed by atoms with van der Waals surface area (Å²) < 4.78 is 0. The molecule has 100 valence electrons. The molecule has 1 aliphatic heterocycles. The highest BCUT2D eigenvalue weighted by Crippen LogP contribution is 2.34. The third-order valence-electron chi connectivity index (χ3n) is 4.12. The summed E-state index contributed by atoms with van der Waals surface area (Å²) in [5.41, 5.74) is 2.73. The molecule has 2 rings (SSSR count). The fourth-order valence-corrected chi connectivity index (χ4v) is 2.75. The summed E-state index contributed by atoms with van der Waals surface area (Å²) in [7, 11) is 4.21. The molecule has 0 fully saturated rings. The zero-order valence-electron chi connectivity index (χ0n) is 12.0. The van der Waals surface area contributed by atoms with E-state index in [9.17, 15) is 0 Å². The largest absolute Gasteiger partial charge is 0.371 e. The molecule has 1 aromatic rings. The number of hydrogen-bond donors (Lipinski definition) is 1. The molecule has 0 amide bonds. The molecule has 1 heterocycles. The van der Waals surface area contributed by atoms with Crippen LogP contribution in [0.25, 0.3) is 0 Å². The lowest BCUT2D eigenvalue weighted by atomic mass is 10.00. The Bertz CT molecular complexity index is 391. The van der Waals surface area contributed by atoms with E-state index in [1.54, 1.807) is 0 Å². The molecule has 1 N–H and O–H groups in total. The second kappa shape index (κ2) is 5.61. The van der Waals surface area contributed by atoms with Gasteiger partial charge in [-0.25, -0.2) is 0 Å². The first-order valence-corrected chi connectivity index (χ1v) is 6.86. The van der Waals surface area contributed by atoms with Crippen molar-refractivity contribution < 1.29 is 0 Å². The van der Waals surface area contributed by atoms with Crippen LogP contribution in [0.3, 0.4) is 0 Å². The number of rotatable bonds is 4. The normalized spacial score (nSPS) is 18.4. The van der Waals surface area contributed by atoms with Gasteiger partial charge in [-0.05, 0) is 38.6 Å². The van der Waals surface area contributed by atoms with Gasteiger partial charge >= 0.3 is 0 Å². The SMILES string of the molecule is CNCC(C)C(C)N1CCN(C)c2ccccc21. The lowest BCUT2D eigenvalue weighted by Crippen LogP contribution is -2.47. The maximum atomic E-state index is 3.28. The first-order chi connectivity index (χ1) is 8.65. The summed E-state index contributed by atoms with van der Waals surface area (Å²) in [5, 5.41) is 3.28. The summed E-state index contributed by atoms with van der Waals surface area (Å²) in [4.78, 5) is 4.90. The third-order valence-corrected chi connectivity index (χ3v) is 4.12. The Morgan fingerprint density at radius 2 is 1.83 bits per heavy atom. The summed E-state index contributed by atoms with van der Waals surface area (Å²) in [5.74, 6) is 0.645. The van der Waals surface area contributed by atoms with Crippen molar-refractivity contribution in [3.05, 3.63) is 24.3 Å². The number of benzene rings is 1. The van der Waals surface area contributed by atoms with E-state index in [4.69, 9.17) is 0 Å². The van der Waals surface area contributed by atoms with Crippen molar-refractivity contribution in [2.45, 2.75) is 19.9 Å².